The molecule has 0 atom stereocenters. The van der Waals surface area contributed by atoms with Gasteiger partial charge in [-0.05, 0) is 43.2 Å². The molecule has 1 aromatic carbocycles. The highest BCUT2D eigenvalue weighted by Crippen LogP contribution is 2.32. The Morgan fingerprint density at radius 2 is 1.86 bits per heavy atom. The molecule has 1 saturated heterocycles. The molecular formula is C21H25F2N3O2. The van der Waals surface area contributed by atoms with Crippen LogP contribution in [0.2, 0.25) is 0 Å². The normalized spacial score (nSPS) is 15.2. The summed E-state index contributed by atoms with van der Waals surface area (Å²) in [5, 5.41) is 8.90. The lowest BCUT2D eigenvalue weighted by atomic mass is 9.93. The number of rotatable bonds is 6. The van der Waals surface area contributed by atoms with Crippen LogP contribution in [0.3, 0.4) is 0 Å². The van der Waals surface area contributed by atoms with Crippen molar-refractivity contribution in [3.05, 3.63) is 41.9 Å². The van der Waals surface area contributed by atoms with Gasteiger partial charge in [-0.1, -0.05) is 13.8 Å². The van der Waals surface area contributed by atoms with E-state index < -0.39 is 17.6 Å². The van der Waals surface area contributed by atoms with E-state index in [0.29, 0.717) is 43.1 Å². The number of anilines is 1. The molecule has 150 valence electrons. The van der Waals surface area contributed by atoms with Crippen LogP contribution in [0.15, 0.2) is 24.5 Å². The SMILES string of the molecule is CC(C)Cc1cncc(-c2cc(F)c(N3CCC(CC(=O)O)CC3)c(F)c2)n1. The first-order valence-corrected chi connectivity index (χ1v) is 9.60. The molecule has 1 aliphatic rings. The summed E-state index contributed by atoms with van der Waals surface area (Å²) in [4.78, 5) is 21.1. The van der Waals surface area contributed by atoms with E-state index in [-0.39, 0.29) is 18.0 Å². The number of piperidine rings is 1. The number of hydrogen-bond acceptors (Lipinski definition) is 4. The van der Waals surface area contributed by atoms with Gasteiger partial charge in [0.15, 0.2) is 0 Å². The molecule has 0 spiro atoms. The highest BCUT2D eigenvalue weighted by Gasteiger charge is 2.25. The van der Waals surface area contributed by atoms with E-state index in [0.717, 1.165) is 12.1 Å². The summed E-state index contributed by atoms with van der Waals surface area (Å²) in [5.41, 5.74) is 1.54. The molecule has 1 aromatic heterocycles. The van der Waals surface area contributed by atoms with Crippen molar-refractivity contribution in [1.82, 2.24) is 9.97 Å². The van der Waals surface area contributed by atoms with E-state index in [1.165, 1.54) is 18.3 Å². The zero-order valence-corrected chi connectivity index (χ0v) is 16.2. The maximum atomic E-state index is 14.8. The summed E-state index contributed by atoms with van der Waals surface area (Å²) in [6, 6.07) is 2.59. The summed E-state index contributed by atoms with van der Waals surface area (Å²) in [5.74, 6) is -1.64. The number of aliphatic carboxylic acids is 1. The van der Waals surface area contributed by atoms with Crippen molar-refractivity contribution in [3.8, 4) is 11.3 Å². The first-order valence-electron chi connectivity index (χ1n) is 9.60. The average Bonchev–Trinajstić information content (AvgIpc) is 2.62. The van der Waals surface area contributed by atoms with E-state index >= 15 is 0 Å². The fourth-order valence-corrected chi connectivity index (χ4v) is 3.69. The van der Waals surface area contributed by atoms with Crippen LogP contribution in [0.4, 0.5) is 14.5 Å². The zero-order valence-electron chi connectivity index (χ0n) is 16.2. The minimum absolute atomic E-state index is 0.0520. The molecule has 0 amide bonds. The first kappa shape index (κ1) is 20.2. The maximum absolute atomic E-state index is 14.8. The Bertz CT molecular complexity index is 826. The van der Waals surface area contributed by atoms with E-state index in [4.69, 9.17) is 5.11 Å². The second-order valence-electron chi connectivity index (χ2n) is 7.81. The van der Waals surface area contributed by atoms with E-state index in [1.54, 1.807) is 11.1 Å². The van der Waals surface area contributed by atoms with Crippen LogP contribution < -0.4 is 4.90 Å². The molecule has 0 aliphatic carbocycles. The standard InChI is InChI=1S/C21H25F2N3O2/c1-13(2)7-16-11-24-12-19(25-16)15-9-17(22)21(18(23)10-15)26-5-3-14(4-6-26)8-20(27)28/h9-14H,3-8H2,1-2H3,(H,27,28). The van der Waals surface area contributed by atoms with Crippen LogP contribution in [0.25, 0.3) is 11.3 Å². The second kappa shape index (κ2) is 8.63. The molecule has 7 heteroatoms. The lowest BCUT2D eigenvalue weighted by molar-refractivity contribution is -0.138. The molecule has 2 heterocycles. The Morgan fingerprint density at radius 3 is 2.43 bits per heavy atom. The maximum Gasteiger partial charge on any atom is 0.303 e. The van der Waals surface area contributed by atoms with Crippen molar-refractivity contribution in [2.75, 3.05) is 18.0 Å². The van der Waals surface area contributed by atoms with Gasteiger partial charge >= 0.3 is 5.97 Å². The number of carboxylic acid groups (broad SMARTS) is 1. The van der Waals surface area contributed by atoms with E-state index in [2.05, 4.69) is 23.8 Å². The molecule has 3 rings (SSSR count). The number of aromatic nitrogens is 2. The highest BCUT2D eigenvalue weighted by molar-refractivity contribution is 5.67. The predicted molar refractivity (Wildman–Crippen MR) is 103 cm³/mol. The second-order valence-corrected chi connectivity index (χ2v) is 7.81. The molecule has 1 N–H and O–H groups in total. The van der Waals surface area contributed by atoms with Crippen LogP contribution in [-0.4, -0.2) is 34.1 Å². The number of benzene rings is 1. The summed E-state index contributed by atoms with van der Waals surface area (Å²) >= 11 is 0. The number of halogens is 2. The number of nitrogens with zero attached hydrogens (tertiary/aromatic N) is 3. The van der Waals surface area contributed by atoms with E-state index in [1.807, 2.05) is 0 Å². The lowest BCUT2D eigenvalue weighted by Gasteiger charge is -2.33. The summed E-state index contributed by atoms with van der Waals surface area (Å²) in [6.07, 6.45) is 5.24. The molecule has 0 unspecified atom stereocenters. The number of hydrogen-bond donors (Lipinski definition) is 1. The summed E-state index contributed by atoms with van der Waals surface area (Å²) < 4.78 is 29.6. The molecule has 2 aromatic rings. The molecule has 1 fully saturated rings. The largest absolute Gasteiger partial charge is 0.481 e. The van der Waals surface area contributed by atoms with Crippen molar-refractivity contribution in [2.24, 2.45) is 11.8 Å². The van der Waals surface area contributed by atoms with Gasteiger partial charge < -0.3 is 10.0 Å². The highest BCUT2D eigenvalue weighted by atomic mass is 19.1. The van der Waals surface area contributed by atoms with Crippen molar-refractivity contribution in [2.45, 2.75) is 39.5 Å². The van der Waals surface area contributed by atoms with Crippen LogP contribution in [0, 0.1) is 23.5 Å². The Morgan fingerprint density at radius 1 is 1.21 bits per heavy atom. The van der Waals surface area contributed by atoms with Gasteiger partial charge in [-0.2, -0.15) is 0 Å². The van der Waals surface area contributed by atoms with Crippen LogP contribution in [0.1, 0.15) is 38.8 Å². The van der Waals surface area contributed by atoms with Crippen molar-refractivity contribution in [1.29, 1.82) is 0 Å². The third-order valence-corrected chi connectivity index (χ3v) is 5.01. The van der Waals surface area contributed by atoms with Crippen LogP contribution in [-0.2, 0) is 11.2 Å². The van der Waals surface area contributed by atoms with Gasteiger partial charge in [-0.15, -0.1) is 0 Å². The van der Waals surface area contributed by atoms with Crippen LogP contribution >= 0.6 is 0 Å². The van der Waals surface area contributed by atoms with Crippen LogP contribution in [0.5, 0.6) is 0 Å². The van der Waals surface area contributed by atoms with Gasteiger partial charge in [0.2, 0.25) is 0 Å². The third kappa shape index (κ3) is 4.82. The van der Waals surface area contributed by atoms with Gasteiger partial charge in [0.05, 0.1) is 17.6 Å². The number of carbonyl (C=O) groups is 1. The van der Waals surface area contributed by atoms with Gasteiger partial charge in [-0.3, -0.25) is 9.78 Å². The average molecular weight is 389 g/mol. The third-order valence-electron chi connectivity index (χ3n) is 5.01. The summed E-state index contributed by atoms with van der Waals surface area (Å²) in [6.45, 7) is 5.02. The quantitative estimate of drug-likeness (QED) is 0.797. The van der Waals surface area contributed by atoms with E-state index in [9.17, 15) is 13.6 Å². The fourth-order valence-electron chi connectivity index (χ4n) is 3.69. The molecule has 1 aliphatic heterocycles. The molecule has 5 nitrogen and oxygen atoms in total. The minimum atomic E-state index is -0.832. The zero-order chi connectivity index (χ0) is 20.3. The van der Waals surface area contributed by atoms with Crippen molar-refractivity contribution >= 4 is 11.7 Å². The molecule has 0 bridgehead atoms. The minimum Gasteiger partial charge on any atom is -0.481 e. The van der Waals surface area contributed by atoms with Gasteiger partial charge in [0, 0.05) is 31.3 Å². The first-order chi connectivity index (χ1) is 13.3. The molecule has 0 radical (unpaired) electrons. The van der Waals surface area contributed by atoms with Crippen molar-refractivity contribution in [3.63, 3.8) is 0 Å². The monoisotopic (exact) mass is 389 g/mol. The molecule has 28 heavy (non-hydrogen) atoms. The molecular weight excluding hydrogens is 364 g/mol. The Balaban J connectivity index is 1.79. The fraction of sp³-hybridized carbons (Fsp3) is 0.476. The Kier molecular flexibility index (Phi) is 6.21. The Hall–Kier alpha value is -2.57. The topological polar surface area (TPSA) is 66.3 Å². The van der Waals surface area contributed by atoms with Gasteiger partial charge in [-0.25, -0.2) is 13.8 Å². The van der Waals surface area contributed by atoms with Crippen molar-refractivity contribution < 1.29 is 18.7 Å². The number of carboxylic acids is 1. The summed E-state index contributed by atoms with van der Waals surface area (Å²) in [7, 11) is 0. The Labute approximate surface area is 163 Å². The lowest BCUT2D eigenvalue weighted by Crippen LogP contribution is -2.35. The van der Waals surface area contributed by atoms with Gasteiger partial charge in [0.25, 0.3) is 0 Å². The molecule has 0 saturated carbocycles. The van der Waals surface area contributed by atoms with Gasteiger partial charge in [0.1, 0.15) is 17.3 Å². The predicted octanol–water partition coefficient (Wildman–Crippen LogP) is 4.31. The smallest absolute Gasteiger partial charge is 0.303 e.